The van der Waals surface area contributed by atoms with Crippen LogP contribution < -0.4 is 20.8 Å². The van der Waals surface area contributed by atoms with E-state index < -0.39 is 41.1 Å². The number of phenols is 2. The molecule has 4 atom stereocenters. The summed E-state index contributed by atoms with van der Waals surface area (Å²) in [5.74, 6) is -2.84. The molecule has 12 nitrogen and oxygen atoms in total. The second-order valence-electron chi connectivity index (χ2n) is 15.5. The molecule has 7 rings (SSSR count). The van der Waals surface area contributed by atoms with Crippen molar-refractivity contribution in [3.05, 3.63) is 58.0 Å². The van der Waals surface area contributed by atoms with Gasteiger partial charge in [-0.05, 0) is 63.9 Å². The molecular formula is C40H52N4O8. The topological polar surface area (TPSA) is 174 Å². The molecule has 1 amide bonds. The van der Waals surface area contributed by atoms with Gasteiger partial charge in [-0.3, -0.25) is 19.6 Å². The zero-order chi connectivity index (χ0) is 37.5. The van der Waals surface area contributed by atoms with Gasteiger partial charge in [0.05, 0.1) is 34.8 Å². The molecule has 52 heavy (non-hydrogen) atoms. The minimum absolute atomic E-state index is 0.0106. The Balaban J connectivity index is 1.51. The summed E-state index contributed by atoms with van der Waals surface area (Å²) in [5.41, 5.74) is -0.196. The second kappa shape index (κ2) is 14.6. The quantitative estimate of drug-likeness (QED) is 0.273. The van der Waals surface area contributed by atoms with Crippen LogP contribution in [0.1, 0.15) is 95.5 Å². The molecule has 12 heteroatoms. The number of ether oxygens (including phenoxy) is 2. The maximum Gasteiger partial charge on any atom is 0.312 e. The number of phenolic OH excluding ortho intramolecular Hbond substituents is 2. The number of likely N-dealkylation sites (tertiary alicyclic amines) is 1. The van der Waals surface area contributed by atoms with Gasteiger partial charge in [-0.15, -0.1) is 0 Å². The van der Waals surface area contributed by atoms with Crippen LogP contribution in [0.5, 0.6) is 17.2 Å². The number of aliphatic hydroxyl groups excluding tert-OH is 2. The summed E-state index contributed by atoms with van der Waals surface area (Å²) in [6.45, 7) is 13.5. The van der Waals surface area contributed by atoms with Crippen LogP contribution in [-0.4, -0.2) is 80.3 Å². The fourth-order valence-corrected chi connectivity index (χ4v) is 7.60. The molecule has 0 saturated carbocycles. The molecule has 0 aromatic heterocycles. The van der Waals surface area contributed by atoms with Crippen molar-refractivity contribution in [2.24, 2.45) is 21.8 Å². The van der Waals surface area contributed by atoms with E-state index in [0.29, 0.717) is 55.4 Å². The lowest BCUT2D eigenvalue weighted by molar-refractivity contribution is -0.112. The first-order valence-corrected chi connectivity index (χ1v) is 18.5. The van der Waals surface area contributed by atoms with Crippen LogP contribution in [0.2, 0.25) is 0 Å². The predicted octanol–water partition coefficient (Wildman–Crippen LogP) is 4.84. The molecule has 0 aliphatic carbocycles. The number of carbonyl (C=O) groups is 2. The first-order valence-electron chi connectivity index (χ1n) is 18.5. The number of hydrogen-bond donors (Lipinski definition) is 5. The standard InChI is InChI=1S/C40H52N4O8/c1-22(2)21-44-17-15-40(16-18-44)42-31-28-29-34(47)25(5)36-30(28)37(49)39(6,52-36)51-19-8-7-12-26(45)20-27(46)14-13-23(3)10-9-11-24(4)38(50)41-33(35(29)48)32(31)43-40/h8-11,19,22-23,26-27,45-48H,7,12-18,20-21H2,1-6H3,(H,41,50)/b10-9+,19-8+,24-11-/t23?,26-,27?,39?/m1/s1. The third-order valence-corrected chi connectivity index (χ3v) is 10.6. The number of Topliss-reactive ketones (excluding diaryl/α,β-unsaturated/α-hetero) is 1. The number of hydrogen-bond acceptors (Lipinski definition) is 11. The Labute approximate surface area is 304 Å². The molecule has 5 aliphatic rings. The first kappa shape index (κ1) is 37.5. The summed E-state index contributed by atoms with van der Waals surface area (Å²) in [5, 5.41) is 48.2. The highest BCUT2D eigenvalue weighted by atomic mass is 16.7. The van der Waals surface area contributed by atoms with Crippen LogP contribution in [0.15, 0.2) is 46.1 Å². The Hall–Kier alpha value is -4.26. The van der Waals surface area contributed by atoms with E-state index in [4.69, 9.17) is 19.5 Å². The summed E-state index contributed by atoms with van der Waals surface area (Å²) >= 11 is 0. The highest BCUT2D eigenvalue weighted by Crippen LogP contribution is 2.49. The monoisotopic (exact) mass is 716 g/mol. The van der Waals surface area contributed by atoms with Crippen molar-refractivity contribution in [2.75, 3.05) is 25.0 Å². The summed E-state index contributed by atoms with van der Waals surface area (Å²) in [6, 6.07) is 0. The Morgan fingerprint density at radius 2 is 1.69 bits per heavy atom. The minimum Gasteiger partial charge on any atom is -0.507 e. The van der Waals surface area contributed by atoms with Crippen molar-refractivity contribution in [3.8, 4) is 17.2 Å². The van der Waals surface area contributed by atoms with Gasteiger partial charge >= 0.3 is 5.79 Å². The maximum atomic E-state index is 14.4. The summed E-state index contributed by atoms with van der Waals surface area (Å²) in [4.78, 5) is 40.7. The van der Waals surface area contributed by atoms with Crippen LogP contribution in [0.4, 0.5) is 5.69 Å². The lowest BCUT2D eigenvalue weighted by atomic mass is 9.93. The van der Waals surface area contributed by atoms with Crippen LogP contribution in [0.25, 0.3) is 10.8 Å². The number of rotatable bonds is 2. The molecule has 5 N–H and O–H groups in total. The Kier molecular flexibility index (Phi) is 10.6. The van der Waals surface area contributed by atoms with E-state index >= 15 is 0 Å². The van der Waals surface area contributed by atoms with Gasteiger partial charge in [0.1, 0.15) is 22.5 Å². The van der Waals surface area contributed by atoms with Crippen molar-refractivity contribution in [1.29, 1.82) is 0 Å². The van der Waals surface area contributed by atoms with E-state index in [-0.39, 0.29) is 56.8 Å². The maximum absolute atomic E-state index is 14.4. The third kappa shape index (κ3) is 7.20. The SMILES string of the molecule is C/C1=C/C=C/C(C)CCC(O)C[C@H](O)CC/C=C/OC2(C)Oc3c(C)c(O)c4c(O)c(c5c(c4c3C2=O)=NC2(CCN(CC(C)C)CC2)N=5)NC1=O. The van der Waals surface area contributed by atoms with Crippen LogP contribution in [0, 0.1) is 18.8 Å². The van der Waals surface area contributed by atoms with Gasteiger partial charge in [0, 0.05) is 55.9 Å². The lowest BCUT2D eigenvalue weighted by Gasteiger charge is -2.36. The number of allylic oxidation sites excluding steroid dienone is 4. The van der Waals surface area contributed by atoms with Gasteiger partial charge in [0.2, 0.25) is 0 Å². The number of ketones is 1. The van der Waals surface area contributed by atoms with Gasteiger partial charge in [-0.1, -0.05) is 39.0 Å². The van der Waals surface area contributed by atoms with Crippen molar-refractivity contribution < 1.29 is 39.5 Å². The van der Waals surface area contributed by atoms with Crippen molar-refractivity contribution >= 4 is 28.2 Å². The number of fused-ring (bicyclic) bond motifs is 13. The molecule has 3 unspecified atom stereocenters. The third-order valence-electron chi connectivity index (χ3n) is 10.6. The number of nitrogens with one attached hydrogen (secondary N) is 1. The van der Waals surface area contributed by atoms with E-state index in [0.717, 1.165) is 19.6 Å². The van der Waals surface area contributed by atoms with E-state index in [9.17, 15) is 30.0 Å². The van der Waals surface area contributed by atoms with E-state index in [2.05, 4.69) is 24.1 Å². The molecule has 0 radical (unpaired) electrons. The van der Waals surface area contributed by atoms with Gasteiger partial charge in [-0.25, -0.2) is 0 Å². The molecule has 2 aromatic rings. The number of aromatic hydroxyl groups is 2. The Morgan fingerprint density at radius 3 is 2.40 bits per heavy atom. The molecule has 2 aromatic carbocycles. The highest BCUT2D eigenvalue weighted by molar-refractivity contribution is 6.19. The van der Waals surface area contributed by atoms with Crippen molar-refractivity contribution in [3.63, 3.8) is 0 Å². The summed E-state index contributed by atoms with van der Waals surface area (Å²) in [6.07, 6.45) is 10.5. The van der Waals surface area contributed by atoms with E-state index in [1.54, 1.807) is 32.1 Å². The molecule has 1 spiro atoms. The average Bonchev–Trinajstić information content (AvgIpc) is 3.58. The number of amides is 1. The fraction of sp³-hybridized carbons (Fsp3) is 0.550. The normalized spacial score (nSPS) is 29.2. The predicted molar refractivity (Wildman–Crippen MR) is 197 cm³/mol. The zero-order valence-electron chi connectivity index (χ0n) is 31.0. The van der Waals surface area contributed by atoms with Crippen LogP contribution in [-0.2, 0) is 9.53 Å². The van der Waals surface area contributed by atoms with Crippen molar-refractivity contribution in [2.45, 2.75) is 110 Å². The minimum atomic E-state index is -1.80. The van der Waals surface area contributed by atoms with E-state index in [1.165, 1.54) is 13.2 Å². The highest BCUT2D eigenvalue weighted by Gasteiger charge is 2.50. The average molecular weight is 717 g/mol. The molecule has 5 aliphatic heterocycles. The number of piperidine rings is 1. The van der Waals surface area contributed by atoms with Crippen LogP contribution >= 0.6 is 0 Å². The van der Waals surface area contributed by atoms with E-state index in [1.807, 2.05) is 13.0 Å². The zero-order valence-corrected chi connectivity index (χ0v) is 31.0. The molecule has 5 bridgehead atoms. The van der Waals surface area contributed by atoms with Crippen LogP contribution in [0.3, 0.4) is 0 Å². The van der Waals surface area contributed by atoms with Gasteiger partial charge in [0.25, 0.3) is 11.7 Å². The smallest absolute Gasteiger partial charge is 0.312 e. The van der Waals surface area contributed by atoms with Gasteiger partial charge in [-0.2, -0.15) is 0 Å². The Morgan fingerprint density at radius 1 is 1.00 bits per heavy atom. The number of aliphatic hydroxyl groups is 2. The number of benzene rings is 2. The lowest BCUT2D eigenvalue weighted by Crippen LogP contribution is -2.43. The summed E-state index contributed by atoms with van der Waals surface area (Å²) < 4.78 is 12.1. The number of carbonyl (C=O) groups excluding carboxylic acids is 2. The number of anilines is 1. The van der Waals surface area contributed by atoms with Crippen molar-refractivity contribution in [1.82, 2.24) is 4.90 Å². The Bertz CT molecular complexity index is 1980. The van der Waals surface area contributed by atoms with Gasteiger partial charge < -0.3 is 40.1 Å². The first-order chi connectivity index (χ1) is 24.6. The molecule has 1 fully saturated rings. The van der Waals surface area contributed by atoms with Gasteiger partial charge in [0.15, 0.2) is 11.4 Å². The summed E-state index contributed by atoms with van der Waals surface area (Å²) in [7, 11) is 0. The largest absolute Gasteiger partial charge is 0.507 e. The number of nitrogens with zero attached hydrogens (tertiary/aromatic N) is 3. The molecule has 1 saturated heterocycles. The molecular weight excluding hydrogens is 664 g/mol. The molecule has 280 valence electrons. The fourth-order valence-electron chi connectivity index (χ4n) is 7.60. The second-order valence-corrected chi connectivity index (χ2v) is 15.5. The molecule has 5 heterocycles.